The molecule has 2 N–H and O–H groups in total. The molecule has 1 unspecified atom stereocenters. The molecule has 2 aromatic rings. The molecule has 1 atom stereocenters. The molecule has 0 bridgehead atoms. The van der Waals surface area contributed by atoms with Gasteiger partial charge in [-0.1, -0.05) is 6.07 Å². The summed E-state index contributed by atoms with van der Waals surface area (Å²) in [5.74, 6) is 2.04. The molecule has 2 heterocycles. The van der Waals surface area contributed by atoms with Crippen LogP contribution >= 0.6 is 0 Å². The number of aromatic nitrogens is 2. The van der Waals surface area contributed by atoms with Crippen LogP contribution in [0.25, 0.3) is 0 Å². The number of phenolic OH excluding ortho intramolecular Hbond substituents is 1. The van der Waals surface area contributed by atoms with Gasteiger partial charge in [0.1, 0.15) is 17.4 Å². The Balaban J connectivity index is 1.91. The van der Waals surface area contributed by atoms with Gasteiger partial charge in [0.15, 0.2) is 0 Å². The van der Waals surface area contributed by atoms with Crippen molar-refractivity contribution in [2.45, 2.75) is 19.4 Å². The van der Waals surface area contributed by atoms with Crippen molar-refractivity contribution in [3.63, 3.8) is 0 Å². The van der Waals surface area contributed by atoms with E-state index in [-0.39, 0.29) is 11.8 Å². The van der Waals surface area contributed by atoms with E-state index in [9.17, 15) is 5.11 Å². The SMILES string of the molecule is Cc1ncc2c(n1)N(C)CCC2Nc1cccc(O)c1. The Labute approximate surface area is 118 Å². The Bertz CT molecular complexity index is 629. The lowest BCUT2D eigenvalue weighted by Crippen LogP contribution is -2.31. The third-order valence-electron chi connectivity index (χ3n) is 3.59. The molecule has 3 rings (SSSR count). The summed E-state index contributed by atoms with van der Waals surface area (Å²) in [6.45, 7) is 2.85. The summed E-state index contributed by atoms with van der Waals surface area (Å²) in [5.41, 5.74) is 2.01. The maximum atomic E-state index is 9.54. The van der Waals surface area contributed by atoms with E-state index in [4.69, 9.17) is 0 Å². The number of anilines is 2. The number of hydrogen-bond acceptors (Lipinski definition) is 5. The fourth-order valence-corrected chi connectivity index (χ4v) is 2.55. The minimum absolute atomic E-state index is 0.170. The lowest BCUT2D eigenvalue weighted by Gasteiger charge is -2.32. The zero-order chi connectivity index (χ0) is 14.1. The topological polar surface area (TPSA) is 61.3 Å². The fourth-order valence-electron chi connectivity index (χ4n) is 2.55. The van der Waals surface area contributed by atoms with Gasteiger partial charge in [-0.3, -0.25) is 0 Å². The summed E-state index contributed by atoms with van der Waals surface area (Å²) in [6, 6.07) is 7.35. The van der Waals surface area contributed by atoms with Gasteiger partial charge in [-0.15, -0.1) is 0 Å². The van der Waals surface area contributed by atoms with Gasteiger partial charge < -0.3 is 15.3 Å². The highest BCUT2D eigenvalue weighted by Gasteiger charge is 2.25. The molecule has 5 nitrogen and oxygen atoms in total. The van der Waals surface area contributed by atoms with Gasteiger partial charge in [0.2, 0.25) is 0 Å². The lowest BCUT2D eigenvalue weighted by atomic mass is 10.0. The Morgan fingerprint density at radius 3 is 3.05 bits per heavy atom. The van der Waals surface area contributed by atoms with E-state index >= 15 is 0 Å². The minimum Gasteiger partial charge on any atom is -0.508 e. The quantitative estimate of drug-likeness (QED) is 0.878. The van der Waals surface area contributed by atoms with E-state index in [1.165, 1.54) is 0 Å². The predicted molar refractivity (Wildman–Crippen MR) is 79.1 cm³/mol. The number of nitrogens with one attached hydrogen (secondary N) is 1. The fraction of sp³-hybridized carbons (Fsp3) is 0.333. The zero-order valence-corrected chi connectivity index (χ0v) is 11.7. The van der Waals surface area contributed by atoms with E-state index in [0.717, 1.165) is 35.9 Å². The first kappa shape index (κ1) is 12.7. The van der Waals surface area contributed by atoms with Crippen molar-refractivity contribution >= 4 is 11.5 Å². The van der Waals surface area contributed by atoms with Gasteiger partial charge in [0.05, 0.1) is 6.04 Å². The third kappa shape index (κ3) is 2.39. The number of aryl methyl sites for hydroxylation is 1. The number of benzene rings is 1. The molecule has 0 saturated carbocycles. The summed E-state index contributed by atoms with van der Waals surface area (Å²) < 4.78 is 0. The first-order chi connectivity index (χ1) is 9.63. The molecule has 1 aromatic heterocycles. The third-order valence-corrected chi connectivity index (χ3v) is 3.59. The van der Waals surface area contributed by atoms with Crippen LogP contribution in [-0.2, 0) is 0 Å². The second-order valence-electron chi connectivity index (χ2n) is 5.15. The zero-order valence-electron chi connectivity index (χ0n) is 11.7. The van der Waals surface area contributed by atoms with Gasteiger partial charge in [-0.2, -0.15) is 0 Å². The van der Waals surface area contributed by atoms with E-state index in [1.54, 1.807) is 12.1 Å². The van der Waals surface area contributed by atoms with Crippen molar-refractivity contribution in [1.29, 1.82) is 0 Å². The Morgan fingerprint density at radius 2 is 2.25 bits per heavy atom. The minimum atomic E-state index is 0.170. The Kier molecular flexibility index (Phi) is 3.18. The molecule has 0 saturated heterocycles. The number of aromatic hydroxyl groups is 1. The number of nitrogens with zero attached hydrogens (tertiary/aromatic N) is 3. The lowest BCUT2D eigenvalue weighted by molar-refractivity contribution is 0.475. The Hall–Kier alpha value is -2.30. The van der Waals surface area contributed by atoms with Crippen molar-refractivity contribution in [3.05, 3.63) is 41.9 Å². The smallest absolute Gasteiger partial charge is 0.137 e. The molecule has 0 amide bonds. The van der Waals surface area contributed by atoms with Crippen LogP contribution in [0.3, 0.4) is 0 Å². The predicted octanol–water partition coefficient (Wildman–Crippen LogP) is 2.48. The van der Waals surface area contributed by atoms with E-state index in [1.807, 2.05) is 25.3 Å². The van der Waals surface area contributed by atoms with Crippen LogP contribution in [0, 0.1) is 6.92 Å². The molecule has 1 aliphatic heterocycles. The van der Waals surface area contributed by atoms with Crippen LogP contribution in [0.2, 0.25) is 0 Å². The number of hydrogen-bond donors (Lipinski definition) is 2. The summed E-state index contributed by atoms with van der Waals surface area (Å²) in [7, 11) is 2.05. The Morgan fingerprint density at radius 1 is 1.40 bits per heavy atom. The average Bonchev–Trinajstić information content (AvgIpc) is 2.42. The van der Waals surface area contributed by atoms with Crippen LogP contribution in [0.5, 0.6) is 5.75 Å². The van der Waals surface area contributed by atoms with Crippen LogP contribution in [0.1, 0.15) is 23.9 Å². The van der Waals surface area contributed by atoms with Crippen LogP contribution in [-0.4, -0.2) is 28.7 Å². The molecule has 104 valence electrons. The van der Waals surface area contributed by atoms with Crippen LogP contribution < -0.4 is 10.2 Å². The summed E-state index contributed by atoms with van der Waals surface area (Å²) in [5, 5.41) is 13.0. The van der Waals surface area contributed by atoms with Crippen molar-refractivity contribution < 1.29 is 5.11 Å². The molecular weight excluding hydrogens is 252 g/mol. The van der Waals surface area contributed by atoms with E-state index in [2.05, 4.69) is 27.2 Å². The number of phenols is 1. The molecule has 0 aliphatic carbocycles. The van der Waals surface area contributed by atoms with Crippen molar-refractivity contribution in [2.24, 2.45) is 0 Å². The maximum Gasteiger partial charge on any atom is 0.137 e. The highest BCUT2D eigenvalue weighted by atomic mass is 16.3. The molecule has 1 aliphatic rings. The molecule has 20 heavy (non-hydrogen) atoms. The standard InChI is InChI=1S/C15H18N4O/c1-10-16-9-13-14(6-7-19(2)15(13)17-10)18-11-4-3-5-12(20)8-11/h3-5,8-9,14,18,20H,6-7H2,1-2H3. The van der Waals surface area contributed by atoms with Crippen LogP contribution in [0.15, 0.2) is 30.5 Å². The van der Waals surface area contributed by atoms with Gasteiger partial charge >= 0.3 is 0 Å². The molecular formula is C15H18N4O. The van der Waals surface area contributed by atoms with Gasteiger partial charge in [0, 0.05) is 37.1 Å². The maximum absolute atomic E-state index is 9.54. The molecule has 5 heteroatoms. The monoisotopic (exact) mass is 270 g/mol. The first-order valence-corrected chi connectivity index (χ1v) is 6.74. The summed E-state index contributed by atoms with van der Waals surface area (Å²) in [6.07, 6.45) is 2.87. The van der Waals surface area contributed by atoms with E-state index < -0.39 is 0 Å². The molecule has 0 fully saturated rings. The first-order valence-electron chi connectivity index (χ1n) is 6.74. The average molecular weight is 270 g/mol. The van der Waals surface area contributed by atoms with E-state index in [0.29, 0.717) is 0 Å². The van der Waals surface area contributed by atoms with Crippen LogP contribution in [0.4, 0.5) is 11.5 Å². The molecule has 1 aromatic carbocycles. The normalized spacial score (nSPS) is 17.7. The van der Waals surface area contributed by atoms with Gasteiger partial charge in [-0.05, 0) is 25.5 Å². The van der Waals surface area contributed by atoms with Gasteiger partial charge in [0.25, 0.3) is 0 Å². The highest BCUT2D eigenvalue weighted by molar-refractivity contribution is 5.55. The number of fused-ring (bicyclic) bond motifs is 1. The summed E-state index contributed by atoms with van der Waals surface area (Å²) in [4.78, 5) is 11.0. The molecule has 0 spiro atoms. The highest BCUT2D eigenvalue weighted by Crippen LogP contribution is 2.33. The second-order valence-corrected chi connectivity index (χ2v) is 5.15. The largest absolute Gasteiger partial charge is 0.508 e. The molecule has 0 radical (unpaired) electrons. The van der Waals surface area contributed by atoms with Crippen molar-refractivity contribution in [2.75, 3.05) is 23.8 Å². The number of rotatable bonds is 2. The van der Waals surface area contributed by atoms with Crippen molar-refractivity contribution in [1.82, 2.24) is 9.97 Å². The van der Waals surface area contributed by atoms with Gasteiger partial charge in [-0.25, -0.2) is 9.97 Å². The van der Waals surface area contributed by atoms with Crippen molar-refractivity contribution in [3.8, 4) is 5.75 Å². The summed E-state index contributed by atoms with van der Waals surface area (Å²) >= 11 is 0. The second kappa shape index (κ2) is 5.00.